The van der Waals surface area contributed by atoms with E-state index < -0.39 is 0 Å². The van der Waals surface area contributed by atoms with E-state index in [1.54, 1.807) is 17.7 Å². The number of thiophene rings is 1. The van der Waals surface area contributed by atoms with E-state index in [1.807, 2.05) is 48.5 Å². The zero-order valence-electron chi connectivity index (χ0n) is 16.6. The molecular formula is C23H20ClN3OS2. The number of halogens is 1. The highest BCUT2D eigenvalue weighted by Gasteiger charge is 2.15. The van der Waals surface area contributed by atoms with Crippen molar-refractivity contribution >= 4 is 56.5 Å². The van der Waals surface area contributed by atoms with Gasteiger partial charge in [-0.05, 0) is 35.2 Å². The number of aromatic nitrogens is 2. The van der Waals surface area contributed by atoms with Crippen molar-refractivity contribution in [2.45, 2.75) is 24.8 Å². The van der Waals surface area contributed by atoms with Crippen molar-refractivity contribution in [2.75, 3.05) is 11.1 Å². The van der Waals surface area contributed by atoms with Gasteiger partial charge in [-0.2, -0.15) is 0 Å². The lowest BCUT2D eigenvalue weighted by Crippen LogP contribution is -2.15. The normalized spacial score (nSPS) is 11.2. The summed E-state index contributed by atoms with van der Waals surface area (Å²) in [5.74, 6) is 0.556. The smallest absolute Gasteiger partial charge is 0.234 e. The SMILES string of the molecule is CC(C)c1ccccc1NC(=O)CSc1ncnc2scc(-c3ccc(Cl)cc3)c12. The van der Waals surface area contributed by atoms with Crippen LogP contribution in [0.15, 0.2) is 65.3 Å². The molecule has 1 amide bonds. The van der Waals surface area contributed by atoms with Crippen LogP contribution >= 0.6 is 34.7 Å². The molecule has 0 atom stereocenters. The summed E-state index contributed by atoms with van der Waals surface area (Å²) < 4.78 is 0. The van der Waals surface area contributed by atoms with Crippen molar-refractivity contribution in [1.29, 1.82) is 0 Å². The Balaban J connectivity index is 1.55. The molecule has 0 fully saturated rings. The number of nitrogens with zero attached hydrogens (tertiary/aromatic N) is 2. The Kier molecular flexibility index (Phi) is 6.37. The average Bonchev–Trinajstić information content (AvgIpc) is 3.18. The van der Waals surface area contributed by atoms with Crippen LogP contribution in [0.4, 0.5) is 5.69 Å². The molecule has 0 saturated carbocycles. The quantitative estimate of drug-likeness (QED) is 0.256. The molecule has 7 heteroatoms. The number of benzene rings is 2. The third-order valence-corrected chi connectivity index (χ3v) is 6.82. The second-order valence-corrected chi connectivity index (χ2v) is 9.35. The third-order valence-electron chi connectivity index (χ3n) is 4.69. The summed E-state index contributed by atoms with van der Waals surface area (Å²) in [6, 6.07) is 15.6. The number of hydrogen-bond donors (Lipinski definition) is 1. The largest absolute Gasteiger partial charge is 0.325 e. The molecule has 0 aliphatic rings. The highest BCUT2D eigenvalue weighted by Crippen LogP contribution is 2.38. The highest BCUT2D eigenvalue weighted by atomic mass is 35.5. The average molecular weight is 454 g/mol. The van der Waals surface area contributed by atoms with E-state index in [1.165, 1.54) is 11.8 Å². The van der Waals surface area contributed by atoms with Crippen molar-refractivity contribution in [1.82, 2.24) is 9.97 Å². The minimum atomic E-state index is -0.0527. The van der Waals surface area contributed by atoms with Gasteiger partial charge >= 0.3 is 0 Å². The molecule has 2 heterocycles. The maximum Gasteiger partial charge on any atom is 0.234 e. The fraction of sp³-hybridized carbons (Fsp3) is 0.174. The Bertz CT molecular complexity index is 1190. The number of nitrogens with one attached hydrogen (secondary N) is 1. The number of amides is 1. The maximum absolute atomic E-state index is 12.6. The van der Waals surface area contributed by atoms with Crippen molar-refractivity contribution in [2.24, 2.45) is 0 Å². The van der Waals surface area contributed by atoms with Crippen LogP contribution in [0.1, 0.15) is 25.3 Å². The molecule has 1 N–H and O–H groups in total. The van der Waals surface area contributed by atoms with E-state index in [0.29, 0.717) is 10.9 Å². The van der Waals surface area contributed by atoms with Crippen LogP contribution in [0.25, 0.3) is 21.3 Å². The number of carbonyl (C=O) groups excluding carboxylic acids is 1. The van der Waals surface area contributed by atoms with Gasteiger partial charge < -0.3 is 5.32 Å². The highest BCUT2D eigenvalue weighted by molar-refractivity contribution is 8.00. The lowest BCUT2D eigenvalue weighted by molar-refractivity contribution is -0.113. The molecule has 0 unspecified atom stereocenters. The summed E-state index contributed by atoms with van der Waals surface area (Å²) in [6.07, 6.45) is 1.55. The molecule has 0 bridgehead atoms. The van der Waals surface area contributed by atoms with Gasteiger partial charge in [0.15, 0.2) is 0 Å². The van der Waals surface area contributed by atoms with Gasteiger partial charge in [-0.3, -0.25) is 4.79 Å². The van der Waals surface area contributed by atoms with Crippen LogP contribution in [0.5, 0.6) is 0 Å². The minimum absolute atomic E-state index is 0.0527. The lowest BCUT2D eigenvalue weighted by atomic mass is 10.0. The van der Waals surface area contributed by atoms with E-state index in [0.717, 1.165) is 37.6 Å². The van der Waals surface area contributed by atoms with Crippen LogP contribution in [0.2, 0.25) is 5.02 Å². The zero-order chi connectivity index (χ0) is 21.1. The third kappa shape index (κ3) is 4.51. The number of thioether (sulfide) groups is 1. The second-order valence-electron chi connectivity index (χ2n) is 7.09. The number of anilines is 1. The Morgan fingerprint density at radius 2 is 1.90 bits per heavy atom. The lowest BCUT2D eigenvalue weighted by Gasteiger charge is -2.13. The molecule has 30 heavy (non-hydrogen) atoms. The standard InChI is InChI=1S/C23H20ClN3OS2/c1-14(2)17-5-3-4-6-19(17)27-20(28)12-30-23-21-18(11-29-22(21)25-13-26-23)15-7-9-16(24)10-8-15/h3-11,13-14H,12H2,1-2H3,(H,27,28). The molecule has 0 saturated heterocycles. The van der Waals surface area contributed by atoms with Gasteiger partial charge in [0.1, 0.15) is 16.2 Å². The fourth-order valence-electron chi connectivity index (χ4n) is 3.23. The first-order chi connectivity index (χ1) is 14.5. The Morgan fingerprint density at radius 1 is 1.13 bits per heavy atom. The molecule has 4 aromatic rings. The van der Waals surface area contributed by atoms with E-state index in [2.05, 4.69) is 34.5 Å². The number of fused-ring (bicyclic) bond motifs is 1. The topological polar surface area (TPSA) is 54.9 Å². The van der Waals surface area contributed by atoms with Crippen molar-refractivity contribution in [3.8, 4) is 11.1 Å². The van der Waals surface area contributed by atoms with Gasteiger partial charge in [0.2, 0.25) is 5.91 Å². The summed E-state index contributed by atoms with van der Waals surface area (Å²) in [5, 5.41) is 7.59. The fourth-order valence-corrected chi connectivity index (χ4v) is 5.15. The molecule has 0 spiro atoms. The molecular weight excluding hydrogens is 434 g/mol. The molecule has 0 aliphatic carbocycles. The van der Waals surface area contributed by atoms with E-state index >= 15 is 0 Å². The Hall–Kier alpha value is -2.41. The number of carbonyl (C=O) groups is 1. The van der Waals surface area contributed by atoms with Gasteiger partial charge in [0.25, 0.3) is 0 Å². The first-order valence-corrected chi connectivity index (χ1v) is 11.8. The second kappa shape index (κ2) is 9.16. The van der Waals surface area contributed by atoms with Gasteiger partial charge in [-0.15, -0.1) is 11.3 Å². The van der Waals surface area contributed by atoms with Gasteiger partial charge in [-0.1, -0.05) is 67.5 Å². The van der Waals surface area contributed by atoms with Gasteiger partial charge in [0, 0.05) is 21.7 Å². The molecule has 0 aliphatic heterocycles. The minimum Gasteiger partial charge on any atom is -0.325 e. The van der Waals surface area contributed by atoms with Crippen LogP contribution in [0.3, 0.4) is 0 Å². The first kappa shape index (κ1) is 20.8. The molecule has 2 aromatic heterocycles. The van der Waals surface area contributed by atoms with Crippen molar-refractivity contribution in [3.05, 3.63) is 70.8 Å². The van der Waals surface area contributed by atoms with Crippen molar-refractivity contribution in [3.63, 3.8) is 0 Å². The monoisotopic (exact) mass is 453 g/mol. The van der Waals surface area contributed by atoms with Crippen LogP contribution in [-0.2, 0) is 4.79 Å². The van der Waals surface area contributed by atoms with Crippen molar-refractivity contribution < 1.29 is 4.79 Å². The van der Waals surface area contributed by atoms with E-state index in [9.17, 15) is 4.79 Å². The molecule has 152 valence electrons. The summed E-state index contributed by atoms with van der Waals surface area (Å²) in [4.78, 5) is 22.4. The predicted octanol–water partition coefficient (Wildman–Crippen LogP) is 6.87. The molecule has 4 nitrogen and oxygen atoms in total. The number of para-hydroxylation sites is 1. The summed E-state index contributed by atoms with van der Waals surface area (Å²) in [7, 11) is 0. The van der Waals surface area contributed by atoms with Crippen LogP contribution < -0.4 is 5.32 Å². The first-order valence-electron chi connectivity index (χ1n) is 9.52. The van der Waals surface area contributed by atoms with Gasteiger partial charge in [0.05, 0.1) is 11.1 Å². The van der Waals surface area contributed by atoms with E-state index in [4.69, 9.17) is 11.6 Å². The van der Waals surface area contributed by atoms with Gasteiger partial charge in [-0.25, -0.2) is 9.97 Å². The molecule has 0 radical (unpaired) electrons. The summed E-state index contributed by atoms with van der Waals surface area (Å²) >= 11 is 9.03. The summed E-state index contributed by atoms with van der Waals surface area (Å²) in [5.41, 5.74) is 4.10. The van der Waals surface area contributed by atoms with Crippen LogP contribution in [0, 0.1) is 0 Å². The predicted molar refractivity (Wildman–Crippen MR) is 128 cm³/mol. The molecule has 4 rings (SSSR count). The van der Waals surface area contributed by atoms with Crippen LogP contribution in [-0.4, -0.2) is 21.6 Å². The number of hydrogen-bond acceptors (Lipinski definition) is 5. The maximum atomic E-state index is 12.6. The zero-order valence-corrected chi connectivity index (χ0v) is 18.9. The molecule has 2 aromatic carbocycles. The summed E-state index contributed by atoms with van der Waals surface area (Å²) in [6.45, 7) is 4.23. The Morgan fingerprint density at radius 3 is 2.67 bits per heavy atom. The number of rotatable bonds is 6. The van der Waals surface area contributed by atoms with E-state index in [-0.39, 0.29) is 11.7 Å². The Labute approximate surface area is 188 Å².